The van der Waals surface area contributed by atoms with Gasteiger partial charge in [-0.15, -0.1) is 0 Å². The van der Waals surface area contributed by atoms with Gasteiger partial charge >= 0.3 is 0 Å². The van der Waals surface area contributed by atoms with Crippen molar-refractivity contribution in [2.24, 2.45) is 0 Å². The summed E-state index contributed by atoms with van der Waals surface area (Å²) in [5.74, 6) is -1.61. The lowest BCUT2D eigenvalue weighted by Gasteiger charge is -2.14. The van der Waals surface area contributed by atoms with Crippen LogP contribution in [-0.2, 0) is 0 Å². The first-order chi connectivity index (χ1) is 11.5. The molecule has 2 rings (SSSR count). The Morgan fingerprint density at radius 3 is 2.42 bits per heavy atom. The van der Waals surface area contributed by atoms with Crippen LogP contribution in [0.3, 0.4) is 0 Å². The zero-order chi connectivity index (χ0) is 17.5. The number of hydrogen-bond donors (Lipinski definition) is 2. The number of amides is 1. The summed E-state index contributed by atoms with van der Waals surface area (Å²) < 4.78 is 32.4. The Morgan fingerprint density at radius 1 is 1.21 bits per heavy atom. The molecule has 4 nitrogen and oxygen atoms in total. The zero-order valence-corrected chi connectivity index (χ0v) is 12.8. The Balaban J connectivity index is 1.96. The van der Waals surface area contributed by atoms with Crippen LogP contribution >= 0.6 is 0 Å². The van der Waals surface area contributed by atoms with Gasteiger partial charge in [-0.3, -0.25) is 4.79 Å². The van der Waals surface area contributed by atoms with Crippen molar-refractivity contribution >= 4 is 5.91 Å². The van der Waals surface area contributed by atoms with Crippen LogP contribution < -0.4 is 10.1 Å². The average molecular weight is 333 g/mol. The molecule has 0 saturated heterocycles. The average Bonchev–Trinajstić information content (AvgIpc) is 2.58. The number of rotatable bonds is 7. The fourth-order valence-corrected chi connectivity index (χ4v) is 2.08. The maximum atomic E-state index is 13.6. The second kappa shape index (κ2) is 8.21. The Hall–Kier alpha value is -2.73. The minimum atomic E-state index is -1.48. The van der Waals surface area contributed by atoms with E-state index >= 15 is 0 Å². The van der Waals surface area contributed by atoms with Crippen molar-refractivity contribution in [1.29, 1.82) is 0 Å². The molecular weight excluding hydrogens is 316 g/mol. The Labute approximate surface area is 138 Å². The first kappa shape index (κ1) is 17.6. The molecule has 2 aromatic rings. The van der Waals surface area contributed by atoms with Crippen LogP contribution in [0.2, 0.25) is 0 Å². The number of halogens is 2. The third-order valence-corrected chi connectivity index (χ3v) is 3.27. The van der Waals surface area contributed by atoms with E-state index in [1.807, 2.05) is 0 Å². The summed E-state index contributed by atoms with van der Waals surface area (Å²) in [5, 5.41) is 12.3. The molecule has 6 heteroatoms. The molecule has 0 aliphatic carbocycles. The van der Waals surface area contributed by atoms with Crippen molar-refractivity contribution in [2.75, 3.05) is 13.2 Å². The van der Waals surface area contributed by atoms with E-state index in [4.69, 9.17) is 4.74 Å². The summed E-state index contributed by atoms with van der Waals surface area (Å²) in [7, 11) is 0. The quantitative estimate of drug-likeness (QED) is 0.766. The molecular formula is C18H17F2NO3. The Bertz CT molecular complexity index is 696. The number of hydrogen-bond acceptors (Lipinski definition) is 3. The van der Waals surface area contributed by atoms with Gasteiger partial charge in [-0.2, -0.15) is 0 Å². The second-order valence-electron chi connectivity index (χ2n) is 4.99. The predicted octanol–water partition coefficient (Wildman–Crippen LogP) is 2.99. The molecule has 1 unspecified atom stereocenters. The number of aliphatic hydroxyl groups excluding tert-OH is 1. The van der Waals surface area contributed by atoms with Gasteiger partial charge in [0.2, 0.25) is 0 Å². The van der Waals surface area contributed by atoms with Gasteiger partial charge in [-0.25, -0.2) is 8.78 Å². The molecule has 0 fully saturated rings. The number of aliphatic hydroxyl groups is 1. The van der Waals surface area contributed by atoms with Crippen LogP contribution in [0.1, 0.15) is 22.0 Å². The van der Waals surface area contributed by atoms with E-state index in [9.17, 15) is 18.7 Å². The highest BCUT2D eigenvalue weighted by Crippen LogP contribution is 2.20. The van der Waals surface area contributed by atoms with Gasteiger partial charge in [0.1, 0.15) is 30.1 Å². The van der Waals surface area contributed by atoms with Crippen molar-refractivity contribution < 1.29 is 23.4 Å². The molecule has 0 heterocycles. The summed E-state index contributed by atoms with van der Waals surface area (Å²) in [6.45, 7) is 3.57. The summed E-state index contributed by atoms with van der Waals surface area (Å²) in [6, 6.07) is 9.62. The molecule has 2 N–H and O–H groups in total. The van der Waals surface area contributed by atoms with Gasteiger partial charge in [0, 0.05) is 12.1 Å². The highest BCUT2D eigenvalue weighted by Gasteiger charge is 2.18. The SMILES string of the molecule is C=CCOc1ccc(C(=O)NCC(O)c2c(F)cccc2F)cc1. The fraction of sp³-hybridized carbons (Fsp3) is 0.167. The molecule has 0 saturated carbocycles. The normalized spacial score (nSPS) is 11.6. The van der Waals surface area contributed by atoms with Crippen LogP contribution in [-0.4, -0.2) is 24.2 Å². The molecule has 1 amide bonds. The van der Waals surface area contributed by atoms with Crippen molar-refractivity contribution in [3.05, 3.63) is 77.9 Å². The van der Waals surface area contributed by atoms with E-state index in [1.54, 1.807) is 30.3 Å². The van der Waals surface area contributed by atoms with Crippen molar-refractivity contribution in [3.8, 4) is 5.75 Å². The van der Waals surface area contributed by atoms with Crippen LogP contribution in [0.4, 0.5) is 8.78 Å². The number of carbonyl (C=O) groups excluding carboxylic acids is 1. The minimum absolute atomic E-state index is 0.314. The maximum Gasteiger partial charge on any atom is 0.251 e. The monoisotopic (exact) mass is 333 g/mol. The molecule has 0 aliphatic heterocycles. The van der Waals surface area contributed by atoms with Crippen molar-refractivity contribution in [1.82, 2.24) is 5.32 Å². The molecule has 1 atom stereocenters. The third-order valence-electron chi connectivity index (χ3n) is 3.27. The summed E-state index contributed by atoms with van der Waals surface area (Å²) >= 11 is 0. The van der Waals surface area contributed by atoms with Gasteiger partial charge in [0.15, 0.2) is 0 Å². The number of benzene rings is 2. The largest absolute Gasteiger partial charge is 0.490 e. The predicted molar refractivity (Wildman–Crippen MR) is 85.8 cm³/mol. The molecule has 126 valence electrons. The van der Waals surface area contributed by atoms with Gasteiger partial charge in [-0.05, 0) is 36.4 Å². The molecule has 24 heavy (non-hydrogen) atoms. The highest BCUT2D eigenvalue weighted by molar-refractivity contribution is 5.94. The van der Waals surface area contributed by atoms with Crippen LogP contribution in [0.5, 0.6) is 5.75 Å². The van der Waals surface area contributed by atoms with Gasteiger partial charge in [0.25, 0.3) is 5.91 Å². The molecule has 0 aliphatic rings. The summed E-state index contributed by atoms with van der Waals surface area (Å²) in [5.41, 5.74) is -0.131. The number of ether oxygens (including phenoxy) is 1. The highest BCUT2D eigenvalue weighted by atomic mass is 19.1. The van der Waals surface area contributed by atoms with Gasteiger partial charge in [-0.1, -0.05) is 18.7 Å². The molecule has 0 radical (unpaired) electrons. The first-order valence-electron chi connectivity index (χ1n) is 7.27. The lowest BCUT2D eigenvalue weighted by atomic mass is 10.1. The smallest absolute Gasteiger partial charge is 0.251 e. The summed E-state index contributed by atoms with van der Waals surface area (Å²) in [4.78, 5) is 12.0. The maximum absolute atomic E-state index is 13.6. The number of carbonyl (C=O) groups is 1. The second-order valence-corrected chi connectivity index (χ2v) is 4.99. The fourth-order valence-electron chi connectivity index (χ4n) is 2.08. The summed E-state index contributed by atoms with van der Waals surface area (Å²) in [6.07, 6.45) is 0.120. The van der Waals surface area contributed by atoms with Gasteiger partial charge in [0.05, 0.1) is 5.56 Å². The van der Waals surface area contributed by atoms with Gasteiger partial charge < -0.3 is 15.2 Å². The zero-order valence-electron chi connectivity index (χ0n) is 12.8. The molecule has 0 aromatic heterocycles. The lowest BCUT2D eigenvalue weighted by Crippen LogP contribution is -2.29. The lowest BCUT2D eigenvalue weighted by molar-refractivity contribution is 0.0911. The molecule has 2 aromatic carbocycles. The topological polar surface area (TPSA) is 58.6 Å². The van der Waals surface area contributed by atoms with E-state index in [1.165, 1.54) is 6.07 Å². The van der Waals surface area contributed by atoms with E-state index in [2.05, 4.69) is 11.9 Å². The van der Waals surface area contributed by atoms with E-state index in [0.29, 0.717) is 17.9 Å². The van der Waals surface area contributed by atoms with Crippen LogP contribution in [0, 0.1) is 11.6 Å². The standard InChI is InChI=1S/C18H17F2NO3/c1-2-10-24-13-8-6-12(7-9-13)18(23)21-11-16(22)17-14(19)4-3-5-15(17)20/h2-9,16,22H,1,10-11H2,(H,21,23). The van der Waals surface area contributed by atoms with Crippen LogP contribution in [0.25, 0.3) is 0 Å². The van der Waals surface area contributed by atoms with Crippen LogP contribution in [0.15, 0.2) is 55.1 Å². The Morgan fingerprint density at radius 2 is 1.83 bits per heavy atom. The molecule has 0 bridgehead atoms. The minimum Gasteiger partial charge on any atom is -0.490 e. The van der Waals surface area contributed by atoms with E-state index in [0.717, 1.165) is 12.1 Å². The first-order valence-corrected chi connectivity index (χ1v) is 7.27. The van der Waals surface area contributed by atoms with Crippen molar-refractivity contribution in [2.45, 2.75) is 6.10 Å². The van der Waals surface area contributed by atoms with E-state index < -0.39 is 29.2 Å². The Kier molecular flexibility index (Phi) is 6.03. The van der Waals surface area contributed by atoms with Crippen molar-refractivity contribution in [3.63, 3.8) is 0 Å². The third kappa shape index (κ3) is 4.39. The number of nitrogens with one attached hydrogen (secondary N) is 1. The van der Waals surface area contributed by atoms with E-state index in [-0.39, 0.29) is 6.54 Å². The molecule has 0 spiro atoms.